The molecule has 2 atom stereocenters. The Bertz CT molecular complexity index is 1190. The number of fused-ring (bicyclic) bond motifs is 3. The van der Waals surface area contributed by atoms with E-state index in [1.165, 1.54) is 31.2 Å². The highest BCUT2D eigenvalue weighted by Crippen LogP contribution is 2.39. The molecule has 6 nitrogen and oxygen atoms in total. The Hall–Kier alpha value is -3.25. The van der Waals surface area contributed by atoms with Gasteiger partial charge in [-0.05, 0) is 31.2 Å². The summed E-state index contributed by atoms with van der Waals surface area (Å²) in [5.74, 6) is 1.71. The monoisotopic (exact) mass is 424 g/mol. The number of hydrogen-bond donors (Lipinski definition) is 0. The van der Waals surface area contributed by atoms with Crippen molar-refractivity contribution in [2.45, 2.75) is 50.4 Å². The average Bonchev–Trinajstić information content (AvgIpc) is 3.40. The smallest absolute Gasteiger partial charge is 0.254 e. The maximum Gasteiger partial charge on any atom is 0.254 e. The van der Waals surface area contributed by atoms with Gasteiger partial charge in [-0.15, -0.1) is 0 Å². The van der Waals surface area contributed by atoms with E-state index >= 15 is 0 Å². The van der Waals surface area contributed by atoms with Gasteiger partial charge in [-0.2, -0.15) is 14.6 Å². The third kappa shape index (κ3) is 3.45. The number of aromatic nitrogens is 4. The Morgan fingerprint density at radius 2 is 1.62 bits per heavy atom. The lowest BCUT2D eigenvalue weighted by atomic mass is 9.95. The number of benzene rings is 2. The Morgan fingerprint density at radius 1 is 0.938 bits per heavy atom. The Labute approximate surface area is 188 Å². The first kappa shape index (κ1) is 19.4. The minimum atomic E-state index is 0.484. The van der Waals surface area contributed by atoms with Crippen LogP contribution in [-0.4, -0.2) is 49.7 Å². The van der Waals surface area contributed by atoms with Crippen molar-refractivity contribution in [3.05, 3.63) is 78.6 Å². The van der Waals surface area contributed by atoms with Crippen LogP contribution >= 0.6 is 0 Å². The zero-order valence-electron chi connectivity index (χ0n) is 18.4. The van der Waals surface area contributed by atoms with Gasteiger partial charge in [0.05, 0.1) is 5.69 Å². The van der Waals surface area contributed by atoms with Crippen LogP contribution in [0.3, 0.4) is 0 Å². The van der Waals surface area contributed by atoms with Gasteiger partial charge in [0.2, 0.25) is 0 Å². The van der Waals surface area contributed by atoms with Crippen LogP contribution in [0.4, 0.5) is 5.82 Å². The molecule has 2 aliphatic rings. The molecule has 2 aromatic heterocycles. The average molecular weight is 425 g/mol. The van der Waals surface area contributed by atoms with E-state index in [1.807, 2.05) is 10.6 Å². The maximum absolute atomic E-state index is 4.75. The lowest BCUT2D eigenvalue weighted by molar-refractivity contribution is 0.118. The van der Waals surface area contributed by atoms with Crippen LogP contribution in [0.15, 0.2) is 73.1 Å². The minimum Gasteiger partial charge on any atom is -0.356 e. The predicted molar refractivity (Wildman–Crippen MR) is 126 cm³/mol. The second-order valence-corrected chi connectivity index (χ2v) is 9.12. The van der Waals surface area contributed by atoms with Gasteiger partial charge in [0.1, 0.15) is 12.1 Å². The van der Waals surface area contributed by atoms with Gasteiger partial charge in [-0.3, -0.25) is 4.90 Å². The molecular formula is C26H28N6. The van der Waals surface area contributed by atoms with Crippen molar-refractivity contribution in [1.29, 1.82) is 0 Å². The molecule has 2 fully saturated rings. The van der Waals surface area contributed by atoms with E-state index in [9.17, 15) is 0 Å². The van der Waals surface area contributed by atoms with Crippen molar-refractivity contribution in [2.24, 2.45) is 0 Å². The second-order valence-electron chi connectivity index (χ2n) is 9.12. The van der Waals surface area contributed by atoms with Crippen LogP contribution in [0, 0.1) is 0 Å². The normalized spacial score (nSPS) is 23.0. The maximum atomic E-state index is 4.75. The van der Waals surface area contributed by atoms with E-state index in [4.69, 9.17) is 4.98 Å². The third-order valence-electron chi connectivity index (χ3n) is 7.28. The van der Waals surface area contributed by atoms with Crippen molar-refractivity contribution < 1.29 is 0 Å². The van der Waals surface area contributed by atoms with Crippen molar-refractivity contribution in [3.63, 3.8) is 0 Å². The second kappa shape index (κ2) is 8.02. The Kier molecular flexibility index (Phi) is 4.87. The summed E-state index contributed by atoms with van der Waals surface area (Å²) in [5.41, 5.74) is 3.46. The molecule has 2 unspecified atom stereocenters. The summed E-state index contributed by atoms with van der Waals surface area (Å²) in [7, 11) is 2.21. The Morgan fingerprint density at radius 3 is 2.34 bits per heavy atom. The van der Waals surface area contributed by atoms with Crippen molar-refractivity contribution in [1.82, 2.24) is 24.5 Å². The Balaban J connectivity index is 1.28. The van der Waals surface area contributed by atoms with Crippen LogP contribution < -0.4 is 4.90 Å². The minimum absolute atomic E-state index is 0.484. The zero-order valence-corrected chi connectivity index (χ0v) is 18.4. The van der Waals surface area contributed by atoms with E-state index in [1.54, 1.807) is 6.33 Å². The molecule has 0 spiro atoms. The number of anilines is 1. The van der Waals surface area contributed by atoms with Gasteiger partial charge < -0.3 is 4.90 Å². The van der Waals surface area contributed by atoms with Gasteiger partial charge in [0.25, 0.3) is 5.78 Å². The topological polar surface area (TPSA) is 49.6 Å². The molecule has 0 aliphatic carbocycles. The highest BCUT2D eigenvalue weighted by molar-refractivity contribution is 5.65. The third-order valence-corrected chi connectivity index (χ3v) is 7.28. The van der Waals surface area contributed by atoms with E-state index in [0.29, 0.717) is 23.9 Å². The molecule has 0 N–H and O–H groups in total. The quantitative estimate of drug-likeness (QED) is 0.475. The van der Waals surface area contributed by atoms with Crippen LogP contribution in [-0.2, 0) is 6.54 Å². The van der Waals surface area contributed by atoms with Crippen LogP contribution in [0.5, 0.6) is 0 Å². The summed E-state index contributed by atoms with van der Waals surface area (Å²) in [5, 5.41) is 4.48. The number of rotatable bonds is 5. The van der Waals surface area contributed by atoms with Crippen molar-refractivity contribution >= 4 is 11.6 Å². The molecular weight excluding hydrogens is 396 g/mol. The fourth-order valence-electron chi connectivity index (χ4n) is 5.61. The molecule has 162 valence electrons. The van der Waals surface area contributed by atoms with Crippen LogP contribution in [0.2, 0.25) is 0 Å². The van der Waals surface area contributed by atoms with E-state index in [0.717, 1.165) is 23.6 Å². The number of hydrogen-bond acceptors (Lipinski definition) is 5. The van der Waals surface area contributed by atoms with E-state index < -0.39 is 0 Å². The first-order valence-corrected chi connectivity index (χ1v) is 11.5. The highest BCUT2D eigenvalue weighted by Gasteiger charge is 2.42. The largest absolute Gasteiger partial charge is 0.356 e. The molecule has 4 aromatic rings. The molecule has 4 heterocycles. The summed E-state index contributed by atoms with van der Waals surface area (Å²) < 4.78 is 1.88. The van der Waals surface area contributed by atoms with Crippen LogP contribution in [0.1, 0.15) is 31.2 Å². The van der Waals surface area contributed by atoms with Crippen molar-refractivity contribution in [2.75, 3.05) is 11.9 Å². The summed E-state index contributed by atoms with van der Waals surface area (Å²) in [6, 6.07) is 25.2. The summed E-state index contributed by atoms with van der Waals surface area (Å²) in [6.45, 7) is 1.06. The summed E-state index contributed by atoms with van der Waals surface area (Å²) in [4.78, 5) is 14.3. The first-order chi connectivity index (χ1) is 15.8. The van der Waals surface area contributed by atoms with Gasteiger partial charge in [-0.25, -0.2) is 4.98 Å². The standard InChI is InChI=1S/C26H28N6/c1-30(23-14-21-12-13-22(15-23)31(21)17-19-8-4-2-5-9-19)25-16-24(20-10-6-3-7-11-20)29-26-27-18-28-32(25)26/h2-11,16,18,21-23H,12-15,17H2,1H3. The molecule has 2 saturated heterocycles. The van der Waals surface area contributed by atoms with Gasteiger partial charge >= 0.3 is 0 Å². The zero-order chi connectivity index (χ0) is 21.5. The molecule has 32 heavy (non-hydrogen) atoms. The lowest BCUT2D eigenvalue weighted by Crippen LogP contribution is -2.49. The van der Waals surface area contributed by atoms with E-state index in [2.05, 4.69) is 87.6 Å². The predicted octanol–water partition coefficient (Wildman–Crippen LogP) is 4.42. The van der Waals surface area contributed by atoms with Gasteiger partial charge in [0, 0.05) is 43.3 Å². The fraction of sp³-hybridized carbons (Fsp3) is 0.346. The summed E-state index contributed by atoms with van der Waals surface area (Å²) in [6.07, 6.45) is 6.55. The number of nitrogens with zero attached hydrogens (tertiary/aromatic N) is 6. The molecule has 0 radical (unpaired) electrons. The molecule has 6 rings (SSSR count). The first-order valence-electron chi connectivity index (χ1n) is 11.5. The van der Waals surface area contributed by atoms with E-state index in [-0.39, 0.29) is 0 Å². The molecule has 0 amide bonds. The molecule has 2 aromatic carbocycles. The molecule has 2 bridgehead atoms. The fourth-order valence-corrected chi connectivity index (χ4v) is 5.61. The van der Waals surface area contributed by atoms with Crippen molar-refractivity contribution in [3.8, 4) is 11.3 Å². The lowest BCUT2D eigenvalue weighted by Gasteiger charge is -2.42. The molecule has 2 aliphatic heterocycles. The van der Waals surface area contributed by atoms with Crippen LogP contribution in [0.25, 0.3) is 17.0 Å². The van der Waals surface area contributed by atoms with Gasteiger partial charge in [0.15, 0.2) is 0 Å². The van der Waals surface area contributed by atoms with Gasteiger partial charge in [-0.1, -0.05) is 60.7 Å². The number of piperidine rings is 1. The summed E-state index contributed by atoms with van der Waals surface area (Å²) >= 11 is 0. The molecule has 0 saturated carbocycles. The highest BCUT2D eigenvalue weighted by atomic mass is 15.4. The molecule has 6 heteroatoms. The SMILES string of the molecule is CN(c1cc(-c2ccccc2)nc2ncnn12)C1CC2CCC(C1)N2Cc1ccccc1.